The Bertz CT molecular complexity index is 897. The second-order valence-corrected chi connectivity index (χ2v) is 8.96. The van der Waals surface area contributed by atoms with Gasteiger partial charge in [-0.1, -0.05) is 61.2 Å². The van der Waals surface area contributed by atoms with Crippen LogP contribution >= 0.6 is 0 Å². The molecule has 2 aromatic carbocycles. The molecular formula is C27H36N2O3. The van der Waals surface area contributed by atoms with Gasteiger partial charge >= 0.3 is 0 Å². The average molecular weight is 437 g/mol. The van der Waals surface area contributed by atoms with Crippen molar-refractivity contribution in [2.75, 3.05) is 7.11 Å². The van der Waals surface area contributed by atoms with E-state index in [4.69, 9.17) is 4.74 Å². The largest absolute Gasteiger partial charge is 0.497 e. The highest BCUT2D eigenvalue weighted by molar-refractivity contribution is 5.88. The third-order valence-electron chi connectivity index (χ3n) is 6.24. The lowest BCUT2D eigenvalue weighted by atomic mass is 10.0. The summed E-state index contributed by atoms with van der Waals surface area (Å²) in [5.74, 6) is 0.703. The van der Waals surface area contributed by atoms with Crippen molar-refractivity contribution >= 4 is 11.8 Å². The molecule has 1 aliphatic rings. The summed E-state index contributed by atoms with van der Waals surface area (Å²) in [6, 6.07) is 13.6. The van der Waals surface area contributed by atoms with Crippen LogP contribution in [0.4, 0.5) is 0 Å². The van der Waals surface area contributed by atoms with Gasteiger partial charge < -0.3 is 15.0 Å². The van der Waals surface area contributed by atoms with Gasteiger partial charge in [-0.05, 0) is 56.4 Å². The van der Waals surface area contributed by atoms with Crippen molar-refractivity contribution in [1.29, 1.82) is 0 Å². The quantitative estimate of drug-likeness (QED) is 0.619. The summed E-state index contributed by atoms with van der Waals surface area (Å²) >= 11 is 0. The molecule has 0 aliphatic heterocycles. The lowest BCUT2D eigenvalue weighted by Gasteiger charge is -2.31. The molecule has 3 rings (SSSR count). The van der Waals surface area contributed by atoms with Crippen LogP contribution in [0.25, 0.3) is 0 Å². The summed E-state index contributed by atoms with van der Waals surface area (Å²) in [5.41, 5.74) is 4.24. The molecule has 172 valence electrons. The van der Waals surface area contributed by atoms with Crippen molar-refractivity contribution in [3.8, 4) is 5.75 Å². The number of nitrogens with zero attached hydrogens (tertiary/aromatic N) is 1. The molecular weight excluding hydrogens is 400 g/mol. The molecule has 1 atom stereocenters. The fourth-order valence-electron chi connectivity index (χ4n) is 4.66. The first-order valence-corrected chi connectivity index (χ1v) is 11.7. The highest BCUT2D eigenvalue weighted by Gasteiger charge is 2.30. The van der Waals surface area contributed by atoms with Gasteiger partial charge in [0.2, 0.25) is 11.8 Å². The number of methoxy groups -OCH3 is 1. The third kappa shape index (κ3) is 6.35. The Hall–Kier alpha value is -2.82. The Morgan fingerprint density at radius 2 is 1.66 bits per heavy atom. The third-order valence-corrected chi connectivity index (χ3v) is 6.24. The van der Waals surface area contributed by atoms with Crippen LogP contribution in [0.1, 0.15) is 61.3 Å². The molecule has 0 radical (unpaired) electrons. The minimum atomic E-state index is -0.490. The first kappa shape index (κ1) is 23.8. The monoisotopic (exact) mass is 436 g/mol. The van der Waals surface area contributed by atoms with E-state index in [-0.39, 0.29) is 24.3 Å². The molecule has 2 amide bonds. The SMILES string of the molecule is CC[C@H](C(=O)NC1CCCC1)N(Cc1ccc(OC)cc1)C(=O)Cc1cc(C)cc(C)c1. The van der Waals surface area contributed by atoms with E-state index in [0.29, 0.717) is 13.0 Å². The molecule has 0 aromatic heterocycles. The Labute approximate surface area is 192 Å². The number of hydrogen-bond donors (Lipinski definition) is 1. The zero-order valence-corrected chi connectivity index (χ0v) is 19.8. The minimum Gasteiger partial charge on any atom is -0.497 e. The number of aryl methyl sites for hydroxylation is 2. The lowest BCUT2D eigenvalue weighted by molar-refractivity contribution is -0.141. The van der Waals surface area contributed by atoms with Gasteiger partial charge in [0.15, 0.2) is 0 Å². The number of amides is 2. The van der Waals surface area contributed by atoms with Gasteiger partial charge in [-0.15, -0.1) is 0 Å². The predicted octanol–water partition coefficient (Wildman–Crippen LogP) is 4.72. The van der Waals surface area contributed by atoms with Crippen molar-refractivity contribution in [2.24, 2.45) is 0 Å². The van der Waals surface area contributed by atoms with Crippen LogP contribution in [0.5, 0.6) is 5.75 Å². The van der Waals surface area contributed by atoms with E-state index in [2.05, 4.69) is 23.5 Å². The van der Waals surface area contributed by atoms with Gasteiger partial charge in [0.25, 0.3) is 0 Å². The van der Waals surface area contributed by atoms with Crippen molar-refractivity contribution in [3.63, 3.8) is 0 Å². The molecule has 0 bridgehead atoms. The summed E-state index contributed by atoms with van der Waals surface area (Å²) in [6.45, 7) is 6.45. The summed E-state index contributed by atoms with van der Waals surface area (Å²) in [4.78, 5) is 28.5. The molecule has 0 heterocycles. The van der Waals surface area contributed by atoms with Crippen LogP contribution in [-0.4, -0.2) is 35.9 Å². The zero-order valence-electron chi connectivity index (χ0n) is 19.8. The summed E-state index contributed by atoms with van der Waals surface area (Å²) < 4.78 is 5.26. The maximum Gasteiger partial charge on any atom is 0.243 e. The Kier molecular flexibility index (Phi) is 8.32. The van der Waals surface area contributed by atoms with Crippen LogP contribution < -0.4 is 10.1 Å². The molecule has 1 aliphatic carbocycles. The van der Waals surface area contributed by atoms with Gasteiger partial charge in [0.05, 0.1) is 13.5 Å². The molecule has 0 spiro atoms. The summed E-state index contributed by atoms with van der Waals surface area (Å²) in [5, 5.41) is 3.20. The van der Waals surface area contributed by atoms with Crippen LogP contribution in [0.2, 0.25) is 0 Å². The van der Waals surface area contributed by atoms with Crippen LogP contribution in [0.3, 0.4) is 0 Å². The molecule has 32 heavy (non-hydrogen) atoms. The number of benzene rings is 2. The predicted molar refractivity (Wildman–Crippen MR) is 128 cm³/mol. The van der Waals surface area contributed by atoms with E-state index >= 15 is 0 Å². The first-order chi connectivity index (χ1) is 15.4. The summed E-state index contributed by atoms with van der Waals surface area (Å²) in [6.07, 6.45) is 5.22. The number of nitrogens with one attached hydrogen (secondary N) is 1. The Morgan fingerprint density at radius 1 is 1.03 bits per heavy atom. The van der Waals surface area contributed by atoms with Crippen molar-refractivity contribution < 1.29 is 14.3 Å². The van der Waals surface area contributed by atoms with E-state index in [9.17, 15) is 9.59 Å². The zero-order chi connectivity index (χ0) is 23.1. The number of ether oxygens (including phenoxy) is 1. The smallest absolute Gasteiger partial charge is 0.243 e. The summed E-state index contributed by atoms with van der Waals surface area (Å²) in [7, 11) is 1.63. The second-order valence-electron chi connectivity index (χ2n) is 8.96. The fourth-order valence-corrected chi connectivity index (χ4v) is 4.66. The molecule has 5 nitrogen and oxygen atoms in total. The fraction of sp³-hybridized carbons (Fsp3) is 0.481. The van der Waals surface area contributed by atoms with Crippen LogP contribution in [-0.2, 0) is 22.6 Å². The van der Waals surface area contributed by atoms with Gasteiger partial charge in [-0.2, -0.15) is 0 Å². The normalized spacial score (nSPS) is 14.8. The topological polar surface area (TPSA) is 58.6 Å². The van der Waals surface area contributed by atoms with E-state index in [0.717, 1.165) is 53.7 Å². The Morgan fingerprint density at radius 3 is 2.22 bits per heavy atom. The average Bonchev–Trinajstić information content (AvgIpc) is 3.26. The van der Waals surface area contributed by atoms with Crippen molar-refractivity contribution in [2.45, 2.75) is 77.9 Å². The van der Waals surface area contributed by atoms with Crippen molar-refractivity contribution in [1.82, 2.24) is 10.2 Å². The van der Waals surface area contributed by atoms with Gasteiger partial charge in [0, 0.05) is 12.6 Å². The van der Waals surface area contributed by atoms with Crippen LogP contribution in [0, 0.1) is 13.8 Å². The van der Waals surface area contributed by atoms with Crippen LogP contribution in [0.15, 0.2) is 42.5 Å². The standard InChI is InChI=1S/C27H36N2O3/c1-5-25(27(31)28-23-8-6-7-9-23)29(18-21-10-12-24(32-4)13-11-21)26(30)17-22-15-19(2)14-20(3)16-22/h10-16,23,25H,5-9,17-18H2,1-4H3,(H,28,31)/t25-/m1/s1. The van der Waals surface area contributed by atoms with E-state index in [1.54, 1.807) is 12.0 Å². The molecule has 1 fully saturated rings. The highest BCUT2D eigenvalue weighted by Crippen LogP contribution is 2.21. The molecule has 2 aromatic rings. The van der Waals surface area contributed by atoms with Gasteiger partial charge in [0.1, 0.15) is 11.8 Å². The second kappa shape index (κ2) is 11.2. The maximum absolute atomic E-state index is 13.5. The van der Waals surface area contributed by atoms with E-state index in [1.807, 2.05) is 45.0 Å². The molecule has 0 unspecified atom stereocenters. The molecule has 0 saturated heterocycles. The first-order valence-electron chi connectivity index (χ1n) is 11.7. The number of hydrogen-bond acceptors (Lipinski definition) is 3. The highest BCUT2D eigenvalue weighted by atomic mass is 16.5. The molecule has 1 N–H and O–H groups in total. The number of carbonyl (C=O) groups excluding carboxylic acids is 2. The van der Waals surface area contributed by atoms with Gasteiger partial charge in [-0.3, -0.25) is 9.59 Å². The Balaban J connectivity index is 1.83. The van der Waals surface area contributed by atoms with Crippen molar-refractivity contribution in [3.05, 3.63) is 64.7 Å². The maximum atomic E-state index is 13.5. The van der Waals surface area contributed by atoms with E-state index in [1.165, 1.54) is 0 Å². The lowest BCUT2D eigenvalue weighted by Crippen LogP contribution is -2.51. The number of carbonyl (C=O) groups is 2. The minimum absolute atomic E-state index is 0.0285. The van der Waals surface area contributed by atoms with E-state index < -0.39 is 6.04 Å². The van der Waals surface area contributed by atoms with Gasteiger partial charge in [-0.25, -0.2) is 0 Å². The number of rotatable bonds is 9. The molecule has 1 saturated carbocycles. The molecule has 5 heteroatoms.